The van der Waals surface area contributed by atoms with Gasteiger partial charge >= 0.3 is 0 Å². The molecule has 0 radical (unpaired) electrons. The zero-order valence-corrected chi connectivity index (χ0v) is 12.0. The van der Waals surface area contributed by atoms with E-state index in [1.54, 1.807) is 18.2 Å². The molecule has 0 amide bonds. The van der Waals surface area contributed by atoms with E-state index < -0.39 is 0 Å². The van der Waals surface area contributed by atoms with Crippen molar-refractivity contribution in [2.75, 3.05) is 18.9 Å². The van der Waals surface area contributed by atoms with Crippen LogP contribution in [-0.2, 0) is 10.3 Å². The van der Waals surface area contributed by atoms with Crippen LogP contribution in [0.5, 0.6) is 0 Å². The summed E-state index contributed by atoms with van der Waals surface area (Å²) in [7, 11) is 0. The highest BCUT2D eigenvalue weighted by Gasteiger charge is 2.33. The summed E-state index contributed by atoms with van der Waals surface area (Å²) in [6.45, 7) is 3.55. The summed E-state index contributed by atoms with van der Waals surface area (Å²) in [6.07, 6.45) is 1.73. The lowest BCUT2D eigenvalue weighted by molar-refractivity contribution is 0.0240. The van der Waals surface area contributed by atoms with Crippen LogP contribution in [0.2, 0.25) is 5.02 Å². The van der Waals surface area contributed by atoms with Crippen LogP contribution in [0.15, 0.2) is 18.2 Å². The molecule has 7 heteroatoms. The zero-order chi connectivity index (χ0) is 14.2. The smallest absolute Gasteiger partial charge is 0.184 e. The van der Waals surface area contributed by atoms with Gasteiger partial charge in [0.15, 0.2) is 5.82 Å². The third-order valence-corrected chi connectivity index (χ3v) is 4.04. The van der Waals surface area contributed by atoms with E-state index in [4.69, 9.17) is 22.1 Å². The van der Waals surface area contributed by atoms with Crippen LogP contribution in [-0.4, -0.2) is 33.4 Å². The molecule has 1 aliphatic rings. The van der Waals surface area contributed by atoms with Crippen molar-refractivity contribution in [1.82, 2.24) is 20.2 Å². The Morgan fingerprint density at radius 2 is 2.10 bits per heavy atom. The minimum absolute atomic E-state index is 0.161. The number of nitrogens with two attached hydrogens (primary N) is 1. The van der Waals surface area contributed by atoms with Crippen molar-refractivity contribution in [2.24, 2.45) is 0 Å². The van der Waals surface area contributed by atoms with Gasteiger partial charge in [0.25, 0.3) is 0 Å². The molecule has 2 heterocycles. The average Bonchev–Trinajstić information content (AvgIpc) is 2.92. The van der Waals surface area contributed by atoms with Crippen LogP contribution in [0.25, 0.3) is 11.4 Å². The van der Waals surface area contributed by atoms with Crippen molar-refractivity contribution >= 4 is 17.3 Å². The van der Waals surface area contributed by atoms with Gasteiger partial charge in [-0.3, -0.25) is 0 Å². The highest BCUT2D eigenvalue weighted by Crippen LogP contribution is 2.34. The highest BCUT2D eigenvalue weighted by atomic mass is 35.5. The second kappa shape index (κ2) is 5.03. The van der Waals surface area contributed by atoms with Crippen LogP contribution < -0.4 is 5.73 Å². The molecule has 2 N–H and O–H groups in total. The lowest BCUT2D eigenvalue weighted by Gasteiger charge is -2.33. The van der Waals surface area contributed by atoms with Gasteiger partial charge in [-0.25, -0.2) is 4.68 Å². The third kappa shape index (κ3) is 2.25. The molecule has 106 valence electrons. The van der Waals surface area contributed by atoms with Crippen LogP contribution in [0, 0.1) is 0 Å². The van der Waals surface area contributed by atoms with Crippen molar-refractivity contribution in [3.8, 4) is 11.4 Å². The molecule has 1 saturated heterocycles. The molecule has 20 heavy (non-hydrogen) atoms. The number of tetrazole rings is 1. The van der Waals surface area contributed by atoms with Gasteiger partial charge in [0.05, 0.1) is 5.54 Å². The first kappa shape index (κ1) is 13.3. The van der Waals surface area contributed by atoms with Crippen LogP contribution in [0.1, 0.15) is 19.8 Å². The minimum Gasteiger partial charge on any atom is -0.398 e. The maximum absolute atomic E-state index is 6.05. The Labute approximate surface area is 121 Å². The summed E-state index contributed by atoms with van der Waals surface area (Å²) in [6, 6.07) is 5.31. The number of benzene rings is 1. The van der Waals surface area contributed by atoms with E-state index in [0.29, 0.717) is 29.7 Å². The Bertz CT molecular complexity index is 621. The summed E-state index contributed by atoms with van der Waals surface area (Å²) < 4.78 is 7.27. The molecule has 0 saturated carbocycles. The van der Waals surface area contributed by atoms with Crippen molar-refractivity contribution in [1.29, 1.82) is 0 Å². The number of hydrogen-bond donors (Lipinski definition) is 1. The number of nitrogens with zero attached hydrogens (tertiary/aromatic N) is 4. The molecule has 3 rings (SSSR count). The number of rotatable bonds is 2. The quantitative estimate of drug-likeness (QED) is 0.858. The van der Waals surface area contributed by atoms with Crippen LogP contribution in [0.4, 0.5) is 5.69 Å². The van der Waals surface area contributed by atoms with Gasteiger partial charge in [0, 0.05) is 29.5 Å². The Hall–Kier alpha value is -1.66. The molecule has 1 aliphatic heterocycles. The maximum Gasteiger partial charge on any atom is 0.184 e. The fourth-order valence-electron chi connectivity index (χ4n) is 2.46. The van der Waals surface area contributed by atoms with Crippen molar-refractivity contribution < 1.29 is 4.74 Å². The van der Waals surface area contributed by atoms with Gasteiger partial charge in [0.2, 0.25) is 0 Å². The number of nitrogen functional groups attached to an aromatic ring is 1. The largest absolute Gasteiger partial charge is 0.398 e. The van der Waals surface area contributed by atoms with Gasteiger partial charge in [-0.1, -0.05) is 11.6 Å². The van der Waals surface area contributed by atoms with Crippen LogP contribution >= 0.6 is 11.6 Å². The van der Waals surface area contributed by atoms with Gasteiger partial charge in [-0.2, -0.15) is 0 Å². The number of anilines is 1. The maximum atomic E-state index is 6.05. The predicted molar refractivity (Wildman–Crippen MR) is 76.4 cm³/mol. The summed E-state index contributed by atoms with van der Waals surface area (Å²) in [5, 5.41) is 12.7. The predicted octanol–water partition coefficient (Wildman–Crippen LogP) is 2.10. The molecule has 0 bridgehead atoms. The number of halogens is 1. The van der Waals surface area contributed by atoms with E-state index in [1.807, 2.05) is 4.68 Å². The van der Waals surface area contributed by atoms with Crippen molar-refractivity contribution in [3.05, 3.63) is 23.2 Å². The van der Waals surface area contributed by atoms with Crippen LogP contribution in [0.3, 0.4) is 0 Å². The fraction of sp³-hybridized carbons (Fsp3) is 0.462. The topological polar surface area (TPSA) is 78.9 Å². The van der Waals surface area contributed by atoms with Crippen molar-refractivity contribution in [2.45, 2.75) is 25.3 Å². The Morgan fingerprint density at radius 1 is 1.35 bits per heavy atom. The van der Waals surface area contributed by atoms with E-state index in [0.717, 1.165) is 18.4 Å². The number of aromatic nitrogens is 4. The highest BCUT2D eigenvalue weighted by molar-refractivity contribution is 6.31. The Kier molecular flexibility index (Phi) is 3.35. The number of ether oxygens (including phenoxy) is 1. The molecule has 0 aliphatic carbocycles. The lowest BCUT2D eigenvalue weighted by Crippen LogP contribution is -2.38. The first-order chi connectivity index (χ1) is 9.60. The minimum atomic E-state index is -0.161. The molecule has 1 aromatic heterocycles. The SMILES string of the molecule is CC1(n2nnnc2-c2cc(Cl)ccc2N)CCOCC1. The molecule has 1 fully saturated rings. The normalized spacial score (nSPS) is 18.1. The Morgan fingerprint density at radius 3 is 2.85 bits per heavy atom. The third-order valence-electron chi connectivity index (χ3n) is 3.81. The molecule has 0 unspecified atom stereocenters. The van der Waals surface area contributed by atoms with Gasteiger partial charge in [0.1, 0.15) is 0 Å². The summed E-state index contributed by atoms with van der Waals surface area (Å²) in [5.41, 5.74) is 7.24. The summed E-state index contributed by atoms with van der Waals surface area (Å²) in [4.78, 5) is 0. The van der Waals surface area contributed by atoms with E-state index in [9.17, 15) is 0 Å². The van der Waals surface area contributed by atoms with E-state index in [1.165, 1.54) is 0 Å². The molecule has 2 aromatic rings. The summed E-state index contributed by atoms with van der Waals surface area (Å²) in [5.74, 6) is 0.648. The first-order valence-corrected chi connectivity index (χ1v) is 6.90. The summed E-state index contributed by atoms with van der Waals surface area (Å²) >= 11 is 6.05. The second-order valence-electron chi connectivity index (χ2n) is 5.26. The van der Waals surface area contributed by atoms with E-state index in [2.05, 4.69) is 22.4 Å². The van der Waals surface area contributed by atoms with Gasteiger partial charge < -0.3 is 10.5 Å². The fourth-order valence-corrected chi connectivity index (χ4v) is 2.64. The number of hydrogen-bond acceptors (Lipinski definition) is 5. The Balaban J connectivity index is 2.08. The molecular formula is C13H16ClN5O. The lowest BCUT2D eigenvalue weighted by atomic mass is 9.92. The molecule has 6 nitrogen and oxygen atoms in total. The molecule has 0 atom stereocenters. The molecule has 0 spiro atoms. The van der Waals surface area contributed by atoms with E-state index >= 15 is 0 Å². The zero-order valence-electron chi connectivity index (χ0n) is 11.2. The van der Waals surface area contributed by atoms with Crippen molar-refractivity contribution in [3.63, 3.8) is 0 Å². The van der Waals surface area contributed by atoms with Gasteiger partial charge in [-0.15, -0.1) is 5.10 Å². The average molecular weight is 294 g/mol. The monoisotopic (exact) mass is 293 g/mol. The van der Waals surface area contributed by atoms with Gasteiger partial charge in [-0.05, 0) is 48.4 Å². The molecular weight excluding hydrogens is 278 g/mol. The second-order valence-corrected chi connectivity index (χ2v) is 5.69. The van der Waals surface area contributed by atoms with E-state index in [-0.39, 0.29) is 5.54 Å². The molecule has 1 aromatic carbocycles. The standard InChI is InChI=1S/C13H16ClN5O/c1-13(4-6-20-7-5-13)19-12(16-17-18-19)10-8-9(14)2-3-11(10)15/h2-3,8H,4-7,15H2,1H3. The first-order valence-electron chi connectivity index (χ1n) is 6.52.